The first kappa shape index (κ1) is 37.6. The second-order valence-corrected chi connectivity index (χ2v) is 11.7. The molecule has 45 heavy (non-hydrogen) atoms. The summed E-state index contributed by atoms with van der Waals surface area (Å²) in [5.74, 6) is -1.44. The number of nitrogens with two attached hydrogens (primary N) is 1. The molecular weight excluding hydrogens is 579 g/mol. The van der Waals surface area contributed by atoms with Crippen molar-refractivity contribution in [2.24, 2.45) is 23.5 Å². The molecule has 2 aromatic carbocycles. The highest BCUT2D eigenvalue weighted by Crippen LogP contribution is 2.22. The summed E-state index contributed by atoms with van der Waals surface area (Å²) in [5.41, 5.74) is 8.19. The molecule has 5 N–H and O–H groups in total. The molecule has 2 rings (SSSR count). The minimum Gasteiger partial charge on any atom is -0.492 e. The highest BCUT2D eigenvalue weighted by atomic mass is 19.1. The minimum absolute atomic E-state index is 0.0406. The summed E-state index contributed by atoms with van der Waals surface area (Å²) < 4.78 is 29.8. The van der Waals surface area contributed by atoms with Crippen LogP contribution in [0.5, 0.6) is 5.75 Å². The quantitative estimate of drug-likeness (QED) is 0.161. The van der Waals surface area contributed by atoms with Gasteiger partial charge >= 0.3 is 0 Å². The van der Waals surface area contributed by atoms with Crippen LogP contribution in [0.15, 0.2) is 42.5 Å². The van der Waals surface area contributed by atoms with Crippen LogP contribution in [0.2, 0.25) is 0 Å². The monoisotopic (exact) mass is 628 g/mol. The van der Waals surface area contributed by atoms with E-state index in [1.165, 1.54) is 12.1 Å². The molecule has 2 amide bonds. The van der Waals surface area contributed by atoms with Crippen LogP contribution in [-0.4, -0.2) is 62.0 Å². The lowest BCUT2D eigenvalue weighted by molar-refractivity contribution is -0.134. The predicted molar refractivity (Wildman–Crippen MR) is 169 cm³/mol. The number of nitriles is 1. The molecule has 0 aromatic heterocycles. The van der Waals surface area contributed by atoms with E-state index in [4.69, 9.17) is 19.9 Å². The van der Waals surface area contributed by atoms with Gasteiger partial charge in [-0.15, -0.1) is 0 Å². The van der Waals surface area contributed by atoms with Crippen molar-refractivity contribution in [2.45, 2.75) is 78.3 Å². The number of aliphatic hydroxyl groups excluding tert-OH is 1. The number of nitrogens with zero attached hydrogens (tertiary/aromatic N) is 1. The van der Waals surface area contributed by atoms with E-state index in [0.717, 1.165) is 11.1 Å². The van der Waals surface area contributed by atoms with Gasteiger partial charge in [-0.3, -0.25) is 9.59 Å². The molecule has 0 radical (unpaired) electrons. The van der Waals surface area contributed by atoms with E-state index < -0.39 is 24.1 Å². The molecule has 0 unspecified atom stereocenters. The molecule has 0 aliphatic heterocycles. The van der Waals surface area contributed by atoms with Crippen LogP contribution in [0.4, 0.5) is 4.39 Å². The average molecular weight is 629 g/mol. The van der Waals surface area contributed by atoms with E-state index in [0.29, 0.717) is 37.4 Å². The first-order chi connectivity index (χ1) is 21.5. The SMILES string of the molecule is CC[C@H](C)[C@H](NC(=O)[C@@H](C[C@H](O)[C@@H](N)COCc1ccc(C#N)c(OCCCOC)c1)C(C)C)C(=O)NCc1ccc(F)cc1. The summed E-state index contributed by atoms with van der Waals surface area (Å²) in [5, 5.41) is 26.0. The maximum Gasteiger partial charge on any atom is 0.243 e. The Kier molecular flexibility index (Phi) is 16.5. The molecule has 0 saturated carbocycles. The van der Waals surface area contributed by atoms with Crippen LogP contribution in [-0.2, 0) is 32.2 Å². The molecule has 0 spiro atoms. The van der Waals surface area contributed by atoms with Crippen molar-refractivity contribution in [1.82, 2.24) is 10.6 Å². The third-order valence-electron chi connectivity index (χ3n) is 7.80. The summed E-state index contributed by atoms with van der Waals surface area (Å²) in [6, 6.07) is 11.6. The van der Waals surface area contributed by atoms with E-state index in [9.17, 15) is 24.3 Å². The van der Waals surface area contributed by atoms with Gasteiger partial charge in [-0.2, -0.15) is 5.26 Å². The molecular formula is C34H49FN4O6. The van der Waals surface area contributed by atoms with Gasteiger partial charge in [-0.1, -0.05) is 52.3 Å². The van der Waals surface area contributed by atoms with Crippen molar-refractivity contribution in [2.75, 3.05) is 26.9 Å². The number of ether oxygens (including phenoxy) is 3. The fourth-order valence-electron chi connectivity index (χ4n) is 4.66. The number of aliphatic hydroxyl groups is 1. The molecule has 248 valence electrons. The van der Waals surface area contributed by atoms with Crippen LogP contribution in [0.1, 0.15) is 63.6 Å². The molecule has 11 heteroatoms. The predicted octanol–water partition coefficient (Wildman–Crippen LogP) is 3.83. The van der Waals surface area contributed by atoms with Crippen molar-refractivity contribution < 1.29 is 33.3 Å². The minimum atomic E-state index is -1.03. The average Bonchev–Trinajstić information content (AvgIpc) is 3.03. The molecule has 0 aliphatic carbocycles. The van der Waals surface area contributed by atoms with Gasteiger partial charge in [0.25, 0.3) is 0 Å². The number of amides is 2. The Bertz CT molecular complexity index is 1240. The van der Waals surface area contributed by atoms with E-state index in [1.54, 1.807) is 37.4 Å². The fourth-order valence-corrected chi connectivity index (χ4v) is 4.66. The Morgan fingerprint density at radius 1 is 1.07 bits per heavy atom. The van der Waals surface area contributed by atoms with E-state index >= 15 is 0 Å². The van der Waals surface area contributed by atoms with Gasteiger partial charge in [0.1, 0.15) is 23.7 Å². The number of nitrogens with one attached hydrogen (secondary N) is 2. The second-order valence-electron chi connectivity index (χ2n) is 11.7. The van der Waals surface area contributed by atoms with Gasteiger partial charge in [0.15, 0.2) is 0 Å². The topological polar surface area (TPSA) is 156 Å². The van der Waals surface area contributed by atoms with Crippen LogP contribution in [0.3, 0.4) is 0 Å². The van der Waals surface area contributed by atoms with Crippen LogP contribution < -0.4 is 21.1 Å². The van der Waals surface area contributed by atoms with Crippen LogP contribution in [0.25, 0.3) is 0 Å². The summed E-state index contributed by atoms with van der Waals surface area (Å²) in [7, 11) is 1.61. The van der Waals surface area contributed by atoms with E-state index in [2.05, 4.69) is 16.7 Å². The zero-order chi connectivity index (χ0) is 33.4. The highest BCUT2D eigenvalue weighted by molar-refractivity contribution is 5.88. The van der Waals surface area contributed by atoms with E-state index in [-0.39, 0.29) is 55.6 Å². The normalized spacial score (nSPS) is 14.6. The Labute approximate surface area is 266 Å². The van der Waals surface area contributed by atoms with Crippen molar-refractivity contribution >= 4 is 11.8 Å². The van der Waals surface area contributed by atoms with Crippen LogP contribution in [0, 0.1) is 34.9 Å². The van der Waals surface area contributed by atoms with Gasteiger partial charge in [0.2, 0.25) is 11.8 Å². The number of halogens is 1. The summed E-state index contributed by atoms with van der Waals surface area (Å²) >= 11 is 0. The standard InChI is InChI=1S/C34H49FN4O6/c1-6-23(4)32(34(42)38-19-24-9-12-27(35)13-10-24)39-33(41)28(22(2)3)17-30(40)29(37)21-44-20-25-8-11-26(18-36)31(16-25)45-15-7-14-43-5/h8-13,16,22-23,28-30,32,40H,6-7,14-15,17,19-21,37H2,1-5H3,(H,38,42)(H,39,41)/t23-,28-,29-,30-,32-/m0/s1. The third kappa shape index (κ3) is 12.8. The summed E-state index contributed by atoms with van der Waals surface area (Å²) in [4.78, 5) is 26.5. The molecule has 0 fully saturated rings. The lowest BCUT2D eigenvalue weighted by atomic mass is 9.86. The number of benzene rings is 2. The molecule has 10 nitrogen and oxygen atoms in total. The number of hydrogen-bond donors (Lipinski definition) is 4. The van der Waals surface area contributed by atoms with Crippen LogP contribution >= 0.6 is 0 Å². The van der Waals surface area contributed by atoms with Gasteiger partial charge < -0.3 is 35.7 Å². The molecule has 2 aromatic rings. The highest BCUT2D eigenvalue weighted by Gasteiger charge is 2.32. The van der Waals surface area contributed by atoms with Gasteiger partial charge in [0, 0.05) is 32.6 Å². The molecule has 0 heterocycles. The zero-order valence-electron chi connectivity index (χ0n) is 27.1. The first-order valence-corrected chi connectivity index (χ1v) is 15.5. The smallest absolute Gasteiger partial charge is 0.243 e. The van der Waals surface area contributed by atoms with E-state index in [1.807, 2.05) is 27.7 Å². The van der Waals surface area contributed by atoms with Gasteiger partial charge in [-0.05, 0) is 53.6 Å². The Morgan fingerprint density at radius 2 is 1.76 bits per heavy atom. The van der Waals surface area contributed by atoms with Crippen molar-refractivity contribution in [3.05, 3.63) is 65.0 Å². The largest absolute Gasteiger partial charge is 0.492 e. The number of carbonyl (C=O) groups is 2. The lowest BCUT2D eigenvalue weighted by Gasteiger charge is -2.29. The fraction of sp³-hybridized carbons (Fsp3) is 0.559. The Balaban J connectivity index is 1.94. The molecule has 0 saturated heterocycles. The second kappa shape index (κ2) is 19.7. The third-order valence-corrected chi connectivity index (χ3v) is 7.80. The molecule has 0 bridgehead atoms. The molecule has 0 aliphatic rings. The summed E-state index contributed by atoms with van der Waals surface area (Å²) in [6.45, 7) is 8.99. The van der Waals surface area contributed by atoms with Gasteiger partial charge in [-0.25, -0.2) is 4.39 Å². The Hall–Kier alpha value is -3.56. The summed E-state index contributed by atoms with van der Waals surface area (Å²) in [6.07, 6.45) is 0.410. The molecule has 5 atom stereocenters. The van der Waals surface area contributed by atoms with Crippen molar-refractivity contribution in [3.8, 4) is 11.8 Å². The number of rotatable bonds is 20. The zero-order valence-corrected chi connectivity index (χ0v) is 27.1. The maximum absolute atomic E-state index is 13.4. The van der Waals surface area contributed by atoms with Crippen molar-refractivity contribution in [3.63, 3.8) is 0 Å². The first-order valence-electron chi connectivity index (χ1n) is 15.5. The van der Waals surface area contributed by atoms with Crippen molar-refractivity contribution in [1.29, 1.82) is 5.26 Å². The number of methoxy groups -OCH3 is 1. The number of hydrogen-bond acceptors (Lipinski definition) is 8. The lowest BCUT2D eigenvalue weighted by Crippen LogP contribution is -2.52. The maximum atomic E-state index is 13.4. The van der Waals surface area contributed by atoms with Gasteiger partial charge in [0.05, 0.1) is 37.5 Å². The Morgan fingerprint density at radius 3 is 2.38 bits per heavy atom. The number of carbonyl (C=O) groups excluding carboxylic acids is 2.